The molecular weight excluding hydrogens is 266 g/mol. The number of nitriles is 1. The third-order valence-electron chi connectivity index (χ3n) is 2.29. The number of benzene rings is 1. The van der Waals surface area contributed by atoms with Crippen LogP contribution < -0.4 is 0 Å². The maximum Gasteiger partial charge on any atom is 0.180 e. The van der Waals surface area contributed by atoms with Crippen molar-refractivity contribution in [3.05, 3.63) is 34.3 Å². The van der Waals surface area contributed by atoms with Gasteiger partial charge in [-0.15, -0.1) is 0 Å². The highest BCUT2D eigenvalue weighted by Gasteiger charge is 2.20. The number of hydrogen-bond donors (Lipinski definition) is 0. The Bertz CT molecular complexity index is 420. The zero-order valence-electron chi connectivity index (χ0n) is 9.40. The molecule has 0 aliphatic heterocycles. The molecule has 0 amide bonds. The van der Waals surface area contributed by atoms with E-state index < -0.39 is 5.92 Å². The standard InChI is InChI=1S/C13H14BrNO/c1-9(2)6-11(8-15)13(16)10-4-3-5-12(14)7-10/h3-5,7,9,11H,6H2,1-2H3. The van der Waals surface area contributed by atoms with Gasteiger partial charge >= 0.3 is 0 Å². The number of carbonyl (C=O) groups excluding carboxylic acids is 1. The van der Waals surface area contributed by atoms with Gasteiger partial charge in [0.2, 0.25) is 0 Å². The minimum Gasteiger partial charge on any atom is -0.293 e. The van der Waals surface area contributed by atoms with Crippen LogP contribution in [0.4, 0.5) is 0 Å². The molecule has 2 nitrogen and oxygen atoms in total. The van der Waals surface area contributed by atoms with Crippen LogP contribution in [0.25, 0.3) is 0 Å². The molecule has 0 radical (unpaired) electrons. The van der Waals surface area contributed by atoms with Gasteiger partial charge in [0.1, 0.15) is 5.92 Å². The molecule has 0 fully saturated rings. The van der Waals surface area contributed by atoms with E-state index in [0.29, 0.717) is 17.9 Å². The Morgan fingerprint density at radius 3 is 2.69 bits per heavy atom. The summed E-state index contributed by atoms with van der Waals surface area (Å²) in [7, 11) is 0. The number of rotatable bonds is 4. The van der Waals surface area contributed by atoms with E-state index in [1.54, 1.807) is 18.2 Å². The quantitative estimate of drug-likeness (QED) is 0.787. The number of Topliss-reactive ketones (excluding diaryl/α,β-unsaturated/α-hetero) is 1. The normalized spacial score (nSPS) is 12.2. The Hall–Kier alpha value is -1.14. The zero-order chi connectivity index (χ0) is 12.1. The van der Waals surface area contributed by atoms with Gasteiger partial charge in [0.05, 0.1) is 6.07 Å². The highest BCUT2D eigenvalue weighted by molar-refractivity contribution is 9.10. The lowest BCUT2D eigenvalue weighted by molar-refractivity contribution is 0.0937. The van der Waals surface area contributed by atoms with Crippen molar-refractivity contribution in [1.82, 2.24) is 0 Å². The van der Waals surface area contributed by atoms with Crippen LogP contribution in [0, 0.1) is 23.2 Å². The van der Waals surface area contributed by atoms with Crippen molar-refractivity contribution in [2.45, 2.75) is 20.3 Å². The second kappa shape index (κ2) is 5.81. The fourth-order valence-corrected chi connectivity index (χ4v) is 1.93. The maximum absolute atomic E-state index is 12.0. The first kappa shape index (κ1) is 12.9. The van der Waals surface area contributed by atoms with Gasteiger partial charge in [-0.1, -0.05) is 41.9 Å². The van der Waals surface area contributed by atoms with Gasteiger partial charge in [0, 0.05) is 10.0 Å². The van der Waals surface area contributed by atoms with Crippen LogP contribution in [0.5, 0.6) is 0 Å². The average Bonchev–Trinajstić information content (AvgIpc) is 2.24. The van der Waals surface area contributed by atoms with Crippen molar-refractivity contribution in [3.8, 4) is 6.07 Å². The first-order valence-corrected chi connectivity index (χ1v) is 6.03. The summed E-state index contributed by atoms with van der Waals surface area (Å²) in [6.45, 7) is 4.02. The molecule has 0 aromatic heterocycles. The summed E-state index contributed by atoms with van der Waals surface area (Å²) in [5, 5.41) is 8.99. The first-order chi connectivity index (χ1) is 7.54. The van der Waals surface area contributed by atoms with Crippen LogP contribution in [0.15, 0.2) is 28.7 Å². The van der Waals surface area contributed by atoms with Crippen molar-refractivity contribution in [1.29, 1.82) is 5.26 Å². The van der Waals surface area contributed by atoms with Crippen LogP contribution in [0.2, 0.25) is 0 Å². The van der Waals surface area contributed by atoms with E-state index in [-0.39, 0.29) is 5.78 Å². The van der Waals surface area contributed by atoms with Gasteiger partial charge < -0.3 is 0 Å². The third-order valence-corrected chi connectivity index (χ3v) is 2.78. The molecule has 0 saturated carbocycles. The Morgan fingerprint density at radius 2 is 2.19 bits per heavy atom. The lowest BCUT2D eigenvalue weighted by Crippen LogP contribution is -2.15. The average molecular weight is 280 g/mol. The summed E-state index contributed by atoms with van der Waals surface area (Å²) in [5.41, 5.74) is 0.599. The van der Waals surface area contributed by atoms with Crippen molar-refractivity contribution in [2.75, 3.05) is 0 Å². The van der Waals surface area contributed by atoms with E-state index in [1.165, 1.54) is 0 Å². The summed E-state index contributed by atoms with van der Waals surface area (Å²) in [5.74, 6) is -0.271. The number of carbonyl (C=O) groups is 1. The van der Waals surface area contributed by atoms with E-state index in [2.05, 4.69) is 22.0 Å². The van der Waals surface area contributed by atoms with Crippen molar-refractivity contribution >= 4 is 21.7 Å². The minimum atomic E-state index is -0.533. The second-order valence-corrected chi connectivity index (χ2v) is 5.10. The van der Waals surface area contributed by atoms with E-state index in [1.807, 2.05) is 19.9 Å². The molecule has 3 heteroatoms. The molecule has 0 N–H and O–H groups in total. The van der Waals surface area contributed by atoms with Gasteiger partial charge in [0.15, 0.2) is 5.78 Å². The predicted octanol–water partition coefficient (Wildman–Crippen LogP) is 3.82. The van der Waals surface area contributed by atoms with Gasteiger partial charge in [-0.2, -0.15) is 5.26 Å². The molecular formula is C13H14BrNO. The Kier molecular flexibility index (Phi) is 4.70. The van der Waals surface area contributed by atoms with Crippen LogP contribution >= 0.6 is 15.9 Å². The monoisotopic (exact) mass is 279 g/mol. The minimum absolute atomic E-state index is 0.0856. The summed E-state index contributed by atoms with van der Waals surface area (Å²) in [6, 6.07) is 9.26. The molecule has 1 aromatic carbocycles. The Balaban J connectivity index is 2.88. The van der Waals surface area contributed by atoms with Crippen molar-refractivity contribution in [2.24, 2.45) is 11.8 Å². The fourth-order valence-electron chi connectivity index (χ4n) is 1.53. The molecule has 0 aliphatic rings. The Labute approximate surface area is 104 Å². The highest BCUT2D eigenvalue weighted by Crippen LogP contribution is 2.19. The van der Waals surface area contributed by atoms with Gasteiger partial charge in [0.25, 0.3) is 0 Å². The zero-order valence-corrected chi connectivity index (χ0v) is 11.0. The molecule has 0 saturated heterocycles. The molecule has 1 atom stereocenters. The lowest BCUT2D eigenvalue weighted by Gasteiger charge is -2.10. The second-order valence-electron chi connectivity index (χ2n) is 4.19. The Morgan fingerprint density at radius 1 is 1.50 bits per heavy atom. The topological polar surface area (TPSA) is 40.9 Å². The maximum atomic E-state index is 12.0. The molecule has 0 heterocycles. The summed E-state index contributed by atoms with van der Waals surface area (Å²) < 4.78 is 0.861. The number of halogens is 1. The first-order valence-electron chi connectivity index (χ1n) is 5.24. The SMILES string of the molecule is CC(C)CC(C#N)C(=O)c1cccc(Br)c1. The van der Waals surface area contributed by atoms with Gasteiger partial charge in [-0.25, -0.2) is 0 Å². The van der Waals surface area contributed by atoms with Gasteiger partial charge in [-0.3, -0.25) is 4.79 Å². The smallest absolute Gasteiger partial charge is 0.180 e. The van der Waals surface area contributed by atoms with Crippen molar-refractivity contribution < 1.29 is 4.79 Å². The summed E-state index contributed by atoms with van der Waals surface area (Å²) >= 11 is 3.32. The molecule has 0 bridgehead atoms. The molecule has 1 rings (SSSR count). The number of nitrogens with zero attached hydrogens (tertiary/aromatic N) is 1. The lowest BCUT2D eigenvalue weighted by atomic mass is 9.91. The van der Waals surface area contributed by atoms with E-state index in [4.69, 9.17) is 5.26 Å². The van der Waals surface area contributed by atoms with Crippen LogP contribution in [0.3, 0.4) is 0 Å². The molecule has 0 spiro atoms. The van der Waals surface area contributed by atoms with E-state index in [0.717, 1.165) is 4.47 Å². The number of ketones is 1. The summed E-state index contributed by atoms with van der Waals surface area (Å²) in [6.07, 6.45) is 0.613. The molecule has 0 aliphatic carbocycles. The van der Waals surface area contributed by atoms with E-state index in [9.17, 15) is 4.79 Å². The highest BCUT2D eigenvalue weighted by atomic mass is 79.9. The molecule has 1 unspecified atom stereocenters. The molecule has 16 heavy (non-hydrogen) atoms. The van der Waals surface area contributed by atoms with Crippen LogP contribution in [-0.4, -0.2) is 5.78 Å². The van der Waals surface area contributed by atoms with Crippen LogP contribution in [0.1, 0.15) is 30.6 Å². The molecule has 84 valence electrons. The number of hydrogen-bond acceptors (Lipinski definition) is 2. The van der Waals surface area contributed by atoms with Crippen molar-refractivity contribution in [3.63, 3.8) is 0 Å². The van der Waals surface area contributed by atoms with Crippen LogP contribution in [-0.2, 0) is 0 Å². The largest absolute Gasteiger partial charge is 0.293 e. The molecule has 1 aromatic rings. The fraction of sp³-hybridized carbons (Fsp3) is 0.385. The summed E-state index contributed by atoms with van der Waals surface area (Å²) in [4.78, 5) is 12.0. The van der Waals surface area contributed by atoms with Gasteiger partial charge in [-0.05, 0) is 24.5 Å². The third kappa shape index (κ3) is 3.46. The van der Waals surface area contributed by atoms with E-state index >= 15 is 0 Å². The predicted molar refractivity (Wildman–Crippen MR) is 67.0 cm³/mol.